The van der Waals surface area contributed by atoms with E-state index in [2.05, 4.69) is 9.88 Å². The number of benzene rings is 2. The molecule has 0 aliphatic rings. The molecule has 174 valence electrons. The molecule has 0 saturated heterocycles. The summed E-state index contributed by atoms with van der Waals surface area (Å²) in [6.45, 7) is 8.22. The Morgan fingerprint density at radius 2 is 1.75 bits per heavy atom. The lowest BCUT2D eigenvalue weighted by atomic mass is 10.2. The number of thiazole rings is 1. The van der Waals surface area contributed by atoms with Crippen LogP contribution in [0.1, 0.15) is 31.1 Å². The molecule has 0 aliphatic heterocycles. The van der Waals surface area contributed by atoms with E-state index in [1.807, 2.05) is 13.8 Å². The van der Waals surface area contributed by atoms with Gasteiger partial charge in [-0.1, -0.05) is 44.2 Å². The van der Waals surface area contributed by atoms with Crippen LogP contribution in [0.5, 0.6) is 0 Å². The minimum atomic E-state index is -3.58. The number of nitrogens with zero attached hydrogens (tertiary/aromatic N) is 3. The third-order valence-electron chi connectivity index (χ3n) is 5.18. The number of sulfone groups is 1. The highest BCUT2D eigenvalue weighted by Gasteiger charge is 2.27. The average Bonchev–Trinajstić information content (AvgIpc) is 3.19. The molecular weight excluding hydrogens is 473 g/mol. The van der Waals surface area contributed by atoms with Crippen LogP contribution in [0.25, 0.3) is 10.2 Å². The maximum atomic E-state index is 13.7. The van der Waals surface area contributed by atoms with Gasteiger partial charge in [0.1, 0.15) is 5.82 Å². The first kappa shape index (κ1) is 26.2. The highest BCUT2D eigenvalue weighted by molar-refractivity contribution is 7.91. The fraction of sp³-hybridized carbons (Fsp3) is 0.364. The minimum absolute atomic E-state index is 0. The van der Waals surface area contributed by atoms with Gasteiger partial charge in [-0.25, -0.2) is 17.8 Å². The summed E-state index contributed by atoms with van der Waals surface area (Å²) >= 11 is 1.21. The second kappa shape index (κ2) is 11.2. The predicted octanol–water partition coefficient (Wildman–Crippen LogP) is 4.64. The minimum Gasteiger partial charge on any atom is -0.302 e. The maximum Gasteiger partial charge on any atom is 0.261 e. The van der Waals surface area contributed by atoms with E-state index in [1.54, 1.807) is 25.1 Å². The van der Waals surface area contributed by atoms with Gasteiger partial charge in [-0.2, -0.15) is 0 Å². The molecule has 1 heterocycles. The molecule has 0 bridgehead atoms. The van der Waals surface area contributed by atoms with Gasteiger partial charge in [0.2, 0.25) is 0 Å². The van der Waals surface area contributed by atoms with Gasteiger partial charge >= 0.3 is 0 Å². The molecule has 1 aromatic heterocycles. The van der Waals surface area contributed by atoms with Gasteiger partial charge in [-0.05, 0) is 43.4 Å². The molecule has 0 atom stereocenters. The van der Waals surface area contributed by atoms with Crippen molar-refractivity contribution in [2.75, 3.05) is 36.8 Å². The molecule has 0 saturated carbocycles. The lowest BCUT2D eigenvalue weighted by Crippen LogP contribution is -2.39. The Morgan fingerprint density at radius 1 is 1.06 bits per heavy atom. The molecule has 3 rings (SSSR count). The smallest absolute Gasteiger partial charge is 0.261 e. The molecular formula is C22H27ClFN3O3S2. The molecule has 3 aromatic rings. The predicted molar refractivity (Wildman–Crippen MR) is 130 cm³/mol. The van der Waals surface area contributed by atoms with E-state index in [-0.39, 0.29) is 34.4 Å². The first-order valence-corrected chi connectivity index (χ1v) is 12.7. The highest BCUT2D eigenvalue weighted by atomic mass is 35.5. The van der Waals surface area contributed by atoms with E-state index in [1.165, 1.54) is 40.5 Å². The largest absolute Gasteiger partial charge is 0.302 e. The van der Waals surface area contributed by atoms with Crippen LogP contribution in [-0.2, 0) is 9.84 Å². The molecule has 0 aliphatic carbocycles. The van der Waals surface area contributed by atoms with Gasteiger partial charge in [0.05, 0.1) is 26.4 Å². The number of amides is 1. The van der Waals surface area contributed by atoms with Crippen LogP contribution in [0.3, 0.4) is 0 Å². The monoisotopic (exact) mass is 499 g/mol. The molecule has 10 heteroatoms. The number of carbonyl (C=O) groups excluding carboxylic acids is 1. The third kappa shape index (κ3) is 5.64. The standard InChI is InChI=1S/C22H26FN3O3S2.ClH/c1-4-25(5-2)13-14-26(22-24-18-12-11-16(23)15-19(18)30-22)21(27)17-9-7-8-10-20(17)31(28,29)6-3;/h7-12,15H,4-6,13-14H2,1-3H3;1H. The normalized spacial score (nSPS) is 11.5. The molecule has 0 spiro atoms. The number of aromatic nitrogens is 1. The zero-order chi connectivity index (χ0) is 22.6. The molecule has 1 amide bonds. The average molecular weight is 500 g/mol. The maximum absolute atomic E-state index is 13.7. The van der Waals surface area contributed by atoms with Gasteiger partial charge in [0.25, 0.3) is 5.91 Å². The van der Waals surface area contributed by atoms with Crippen molar-refractivity contribution in [3.8, 4) is 0 Å². The van der Waals surface area contributed by atoms with E-state index in [9.17, 15) is 17.6 Å². The Labute approximate surface area is 198 Å². The van der Waals surface area contributed by atoms with Crippen LogP contribution in [-0.4, -0.2) is 56.1 Å². The molecule has 6 nitrogen and oxygen atoms in total. The summed E-state index contributed by atoms with van der Waals surface area (Å²) in [7, 11) is -3.58. The summed E-state index contributed by atoms with van der Waals surface area (Å²) in [4.78, 5) is 21.8. The van der Waals surface area contributed by atoms with Crippen molar-refractivity contribution in [2.45, 2.75) is 25.7 Å². The number of fused-ring (bicyclic) bond motifs is 1. The van der Waals surface area contributed by atoms with Gasteiger partial charge in [0, 0.05) is 13.1 Å². The van der Waals surface area contributed by atoms with Crippen molar-refractivity contribution in [3.63, 3.8) is 0 Å². The molecule has 0 radical (unpaired) electrons. The molecule has 0 N–H and O–H groups in total. The summed E-state index contributed by atoms with van der Waals surface area (Å²) in [5.74, 6) is -0.903. The summed E-state index contributed by atoms with van der Waals surface area (Å²) in [5, 5.41) is 0.418. The first-order valence-electron chi connectivity index (χ1n) is 10.2. The van der Waals surface area contributed by atoms with Crippen molar-refractivity contribution >= 4 is 54.8 Å². The Hall–Kier alpha value is -2.07. The topological polar surface area (TPSA) is 70.6 Å². The lowest BCUT2D eigenvalue weighted by Gasteiger charge is -2.25. The quantitative estimate of drug-likeness (QED) is 0.429. The van der Waals surface area contributed by atoms with Crippen LogP contribution in [0.2, 0.25) is 0 Å². The van der Waals surface area contributed by atoms with Gasteiger partial charge in [-0.15, -0.1) is 12.4 Å². The Bertz CT molecular complexity index is 1180. The van der Waals surface area contributed by atoms with Gasteiger partial charge in [0.15, 0.2) is 15.0 Å². The summed E-state index contributed by atoms with van der Waals surface area (Å²) in [6.07, 6.45) is 0. The van der Waals surface area contributed by atoms with E-state index in [0.29, 0.717) is 28.4 Å². The number of halogens is 2. The SMILES string of the molecule is CCN(CC)CCN(C(=O)c1ccccc1S(=O)(=O)CC)c1nc2ccc(F)cc2s1.Cl. The second-order valence-electron chi connectivity index (χ2n) is 6.99. The van der Waals surface area contributed by atoms with Crippen LogP contribution < -0.4 is 4.90 Å². The Kier molecular flexibility index (Phi) is 9.15. The number of likely N-dealkylation sites (N-methyl/N-ethyl adjacent to an activating group) is 1. The molecule has 2 aromatic carbocycles. The van der Waals surface area contributed by atoms with Crippen molar-refractivity contribution in [1.82, 2.24) is 9.88 Å². The Morgan fingerprint density at radius 3 is 2.41 bits per heavy atom. The fourth-order valence-corrected chi connectivity index (χ4v) is 5.38. The van der Waals surface area contributed by atoms with Crippen LogP contribution in [0.15, 0.2) is 47.4 Å². The number of anilines is 1. The second-order valence-corrected chi connectivity index (χ2v) is 10.2. The van der Waals surface area contributed by atoms with Crippen molar-refractivity contribution < 1.29 is 17.6 Å². The molecule has 32 heavy (non-hydrogen) atoms. The number of carbonyl (C=O) groups is 1. The van der Waals surface area contributed by atoms with Crippen LogP contribution in [0, 0.1) is 5.82 Å². The number of rotatable bonds is 9. The van der Waals surface area contributed by atoms with Crippen molar-refractivity contribution in [2.24, 2.45) is 0 Å². The van der Waals surface area contributed by atoms with Gasteiger partial charge in [-0.3, -0.25) is 9.69 Å². The van der Waals surface area contributed by atoms with Crippen LogP contribution in [0.4, 0.5) is 9.52 Å². The van der Waals surface area contributed by atoms with Gasteiger partial charge < -0.3 is 4.90 Å². The molecule has 0 unspecified atom stereocenters. The number of hydrogen-bond acceptors (Lipinski definition) is 6. The summed E-state index contributed by atoms with van der Waals surface area (Å²) in [6, 6.07) is 10.5. The van der Waals surface area contributed by atoms with E-state index in [4.69, 9.17) is 0 Å². The highest BCUT2D eigenvalue weighted by Crippen LogP contribution is 2.31. The fourth-order valence-electron chi connectivity index (χ4n) is 3.28. The van der Waals surface area contributed by atoms with E-state index in [0.717, 1.165) is 13.1 Å². The third-order valence-corrected chi connectivity index (χ3v) is 8.01. The van der Waals surface area contributed by atoms with Crippen molar-refractivity contribution in [1.29, 1.82) is 0 Å². The zero-order valence-corrected chi connectivity index (χ0v) is 20.7. The lowest BCUT2D eigenvalue weighted by molar-refractivity contribution is 0.0980. The number of hydrogen-bond donors (Lipinski definition) is 0. The van der Waals surface area contributed by atoms with E-state index >= 15 is 0 Å². The van der Waals surface area contributed by atoms with Crippen LogP contribution >= 0.6 is 23.7 Å². The van der Waals surface area contributed by atoms with E-state index < -0.39 is 15.7 Å². The Balaban J connectivity index is 0.00000363. The van der Waals surface area contributed by atoms with Crippen molar-refractivity contribution in [3.05, 3.63) is 53.8 Å². The summed E-state index contributed by atoms with van der Waals surface area (Å²) < 4.78 is 39.5. The first-order chi connectivity index (χ1) is 14.8. The zero-order valence-electron chi connectivity index (χ0n) is 18.2. The molecule has 0 fully saturated rings. The summed E-state index contributed by atoms with van der Waals surface area (Å²) in [5.41, 5.74) is 0.714.